The van der Waals surface area contributed by atoms with Crippen molar-refractivity contribution >= 4 is 32.7 Å². The van der Waals surface area contributed by atoms with Crippen LogP contribution in [0.3, 0.4) is 0 Å². The number of nitriles is 1. The van der Waals surface area contributed by atoms with Crippen LogP contribution in [0.4, 0.5) is 11.5 Å². The molecule has 9 heteroatoms. The lowest BCUT2D eigenvalue weighted by Gasteiger charge is -2.37. The first-order valence-corrected chi connectivity index (χ1v) is 19.3. The largest absolute Gasteiger partial charge is 0.368 e. The van der Waals surface area contributed by atoms with Crippen LogP contribution in [0.15, 0.2) is 59.6 Å². The fourth-order valence-electron chi connectivity index (χ4n) is 5.79. The monoisotopic (exact) mass is 659 g/mol. The van der Waals surface area contributed by atoms with Crippen LogP contribution < -0.4 is 9.80 Å². The molecule has 2 saturated heterocycles. The molecule has 1 aromatic heterocycles. The number of rotatable bonds is 6. The molecule has 0 radical (unpaired) electrons. The molecule has 256 valence electrons. The highest BCUT2D eigenvalue weighted by molar-refractivity contribution is 8.00. The van der Waals surface area contributed by atoms with Crippen molar-refractivity contribution in [2.45, 2.75) is 66.8 Å². The van der Waals surface area contributed by atoms with Crippen molar-refractivity contribution in [2.75, 3.05) is 68.4 Å². The molecule has 0 aliphatic carbocycles. The van der Waals surface area contributed by atoms with E-state index >= 15 is 0 Å². The number of amides is 1. The SMILES string of the molecule is C=S(C)(=N)c1cccnc1N1CCN(C(=O)c2cc(CN3CCN(c4ccccc4C#N)CC3)c(C)cc2C)CC1.CC.CC.CC. The second kappa shape index (κ2) is 19.1. The molecule has 3 heterocycles. The number of carbonyl (C=O) groups is 1. The molecular weight excluding hydrogens is 603 g/mol. The average molecular weight is 660 g/mol. The van der Waals surface area contributed by atoms with E-state index in [2.05, 4.69) is 50.7 Å². The molecule has 0 spiro atoms. The minimum Gasteiger partial charge on any atom is -0.368 e. The zero-order valence-corrected chi connectivity index (χ0v) is 31.1. The Morgan fingerprint density at radius 2 is 1.47 bits per heavy atom. The van der Waals surface area contributed by atoms with E-state index < -0.39 is 9.41 Å². The highest BCUT2D eigenvalue weighted by Gasteiger charge is 2.27. The number of aromatic nitrogens is 1. The van der Waals surface area contributed by atoms with E-state index in [0.29, 0.717) is 26.2 Å². The highest BCUT2D eigenvalue weighted by atomic mass is 32.2. The van der Waals surface area contributed by atoms with Gasteiger partial charge < -0.3 is 14.7 Å². The molecule has 0 saturated carbocycles. The maximum Gasteiger partial charge on any atom is 0.254 e. The number of benzene rings is 2. The first kappa shape index (κ1) is 39.3. The Bertz CT molecular complexity index is 1580. The van der Waals surface area contributed by atoms with Gasteiger partial charge in [0.05, 0.1) is 16.1 Å². The van der Waals surface area contributed by atoms with E-state index in [4.69, 9.17) is 4.78 Å². The van der Waals surface area contributed by atoms with Gasteiger partial charge in [-0.05, 0) is 67.1 Å². The summed E-state index contributed by atoms with van der Waals surface area (Å²) in [5.41, 5.74) is 5.91. The first-order chi connectivity index (χ1) is 22.7. The number of hydrogen-bond donors (Lipinski definition) is 1. The second-order valence-electron chi connectivity index (χ2n) is 11.2. The highest BCUT2D eigenvalue weighted by Crippen LogP contribution is 2.26. The minimum atomic E-state index is -1.91. The van der Waals surface area contributed by atoms with Gasteiger partial charge in [0.15, 0.2) is 0 Å². The molecule has 0 bridgehead atoms. The summed E-state index contributed by atoms with van der Waals surface area (Å²) in [6.07, 6.45) is 3.63. The second-order valence-corrected chi connectivity index (χ2v) is 13.8. The third kappa shape index (κ3) is 10.1. The van der Waals surface area contributed by atoms with Gasteiger partial charge >= 0.3 is 0 Å². The Kier molecular flexibility index (Phi) is 16.0. The van der Waals surface area contributed by atoms with Gasteiger partial charge in [0.2, 0.25) is 0 Å². The molecule has 2 aliphatic heterocycles. The van der Waals surface area contributed by atoms with Crippen LogP contribution in [-0.4, -0.2) is 85.2 Å². The summed E-state index contributed by atoms with van der Waals surface area (Å²) in [6, 6.07) is 18.2. The number of nitrogens with one attached hydrogen (secondary N) is 1. The van der Waals surface area contributed by atoms with Gasteiger partial charge in [0.25, 0.3) is 5.91 Å². The zero-order valence-electron chi connectivity index (χ0n) is 30.3. The Morgan fingerprint density at radius 3 is 2.06 bits per heavy atom. The van der Waals surface area contributed by atoms with Gasteiger partial charge in [0.1, 0.15) is 11.9 Å². The number of carbonyl (C=O) groups excluding carboxylic acids is 1. The third-order valence-electron chi connectivity index (χ3n) is 8.15. The summed E-state index contributed by atoms with van der Waals surface area (Å²) in [6.45, 7) is 23.1. The van der Waals surface area contributed by atoms with Gasteiger partial charge in [-0.25, -0.2) is 4.98 Å². The molecule has 2 aromatic carbocycles. The summed E-state index contributed by atoms with van der Waals surface area (Å²) in [5, 5.41) is 9.49. The molecule has 8 nitrogen and oxygen atoms in total. The molecule has 3 aromatic rings. The predicted molar refractivity (Wildman–Crippen MR) is 202 cm³/mol. The normalized spacial score (nSPS) is 15.8. The van der Waals surface area contributed by atoms with Gasteiger partial charge in [-0.1, -0.05) is 65.6 Å². The predicted octanol–water partition coefficient (Wildman–Crippen LogP) is 7.27. The van der Waals surface area contributed by atoms with Gasteiger partial charge in [0, 0.05) is 70.7 Å². The number of hydrogen-bond acceptors (Lipinski definition) is 7. The molecule has 2 aliphatic rings. The Balaban J connectivity index is 0.00000121. The molecule has 2 fully saturated rings. The molecule has 1 unspecified atom stereocenters. The quantitative estimate of drug-likeness (QED) is 0.280. The van der Waals surface area contributed by atoms with E-state index in [1.807, 2.05) is 96.0 Å². The van der Waals surface area contributed by atoms with Crippen molar-refractivity contribution in [1.29, 1.82) is 10.0 Å². The third-order valence-corrected chi connectivity index (χ3v) is 9.44. The molecular formula is C38H57N7OS. The van der Waals surface area contributed by atoms with Crippen molar-refractivity contribution in [3.63, 3.8) is 0 Å². The summed E-state index contributed by atoms with van der Waals surface area (Å²) < 4.78 is 8.50. The van der Waals surface area contributed by atoms with Crippen molar-refractivity contribution < 1.29 is 4.79 Å². The maximum atomic E-state index is 13.7. The summed E-state index contributed by atoms with van der Waals surface area (Å²) >= 11 is 0. The number of nitrogens with zero attached hydrogens (tertiary/aromatic N) is 6. The van der Waals surface area contributed by atoms with Crippen LogP contribution in [0, 0.1) is 30.0 Å². The fourth-order valence-corrected chi connectivity index (χ4v) is 6.76. The number of piperazine rings is 2. The molecule has 47 heavy (non-hydrogen) atoms. The lowest BCUT2D eigenvalue weighted by molar-refractivity contribution is 0.0745. The number of aryl methyl sites for hydroxylation is 2. The number of pyridine rings is 1. The molecule has 1 N–H and O–H groups in total. The van der Waals surface area contributed by atoms with Gasteiger partial charge in [-0.15, -0.1) is 9.41 Å². The van der Waals surface area contributed by atoms with Crippen LogP contribution in [0.1, 0.15) is 74.2 Å². The summed E-state index contributed by atoms with van der Waals surface area (Å²) in [7, 11) is -1.91. The van der Waals surface area contributed by atoms with Crippen molar-refractivity contribution in [2.24, 2.45) is 0 Å². The van der Waals surface area contributed by atoms with Crippen LogP contribution in [0.5, 0.6) is 0 Å². The van der Waals surface area contributed by atoms with E-state index in [-0.39, 0.29) is 5.91 Å². The summed E-state index contributed by atoms with van der Waals surface area (Å²) in [5.74, 6) is 4.98. The number of para-hydroxylation sites is 1. The Labute approximate surface area is 285 Å². The van der Waals surface area contributed by atoms with Crippen molar-refractivity contribution in [1.82, 2.24) is 14.8 Å². The van der Waals surface area contributed by atoms with Gasteiger partial charge in [-0.2, -0.15) is 5.26 Å². The minimum absolute atomic E-state index is 0.0793. The number of anilines is 2. The van der Waals surface area contributed by atoms with Crippen LogP contribution >= 0.6 is 0 Å². The standard InChI is InChI=1S/C32H39N7OS.3C2H6/c1-24-20-25(2)28(21-27(24)23-36-12-14-37(15-13-36)29-9-6-5-8-26(29)22-33)32(40)39-18-16-38(17-19-39)31-30(41(3,4)34)10-7-11-35-31;3*1-2/h5-11,20-21,34H,3,12-19,23H2,1-2,4H3;3*1-2H3. The van der Waals surface area contributed by atoms with E-state index in [1.165, 1.54) is 11.1 Å². The van der Waals surface area contributed by atoms with Crippen molar-refractivity contribution in [3.8, 4) is 6.07 Å². The Hall–Kier alpha value is -3.87. The molecule has 5 rings (SSSR count). The maximum absolute atomic E-state index is 13.7. The summed E-state index contributed by atoms with van der Waals surface area (Å²) in [4.78, 5) is 28.0. The van der Waals surface area contributed by atoms with E-state index in [0.717, 1.165) is 65.8 Å². The van der Waals surface area contributed by atoms with Crippen molar-refractivity contribution in [3.05, 3.63) is 82.5 Å². The fraction of sp³-hybridized carbons (Fsp3) is 0.474. The lowest BCUT2D eigenvalue weighted by atomic mass is 9.98. The van der Waals surface area contributed by atoms with E-state index in [1.54, 1.807) is 6.20 Å². The smallest absolute Gasteiger partial charge is 0.254 e. The molecule has 1 amide bonds. The zero-order chi connectivity index (χ0) is 35.1. The van der Waals surface area contributed by atoms with Crippen LogP contribution in [0.2, 0.25) is 0 Å². The first-order valence-electron chi connectivity index (χ1n) is 17.1. The van der Waals surface area contributed by atoms with Gasteiger partial charge in [-0.3, -0.25) is 14.5 Å². The lowest BCUT2D eigenvalue weighted by Crippen LogP contribution is -2.49. The van der Waals surface area contributed by atoms with Crippen LogP contribution in [0.25, 0.3) is 0 Å². The van der Waals surface area contributed by atoms with E-state index in [9.17, 15) is 10.1 Å². The Morgan fingerprint density at radius 1 is 0.872 bits per heavy atom. The molecule has 1 atom stereocenters. The average Bonchev–Trinajstić information content (AvgIpc) is 3.12. The topological polar surface area (TPSA) is 90.6 Å². The van der Waals surface area contributed by atoms with Crippen LogP contribution in [-0.2, 0) is 16.0 Å².